The number of anilines is 1. The number of halogens is 1. The van der Waals surface area contributed by atoms with Gasteiger partial charge < -0.3 is 15.4 Å². The topological polar surface area (TPSA) is 84.5 Å². The highest BCUT2D eigenvalue weighted by atomic mass is 19.1. The highest BCUT2D eigenvalue weighted by molar-refractivity contribution is 6.01. The molecular formula is C21H23FN2O4. The highest BCUT2D eigenvalue weighted by Gasteiger charge is 2.25. The van der Waals surface area contributed by atoms with E-state index in [0.29, 0.717) is 11.3 Å². The first-order valence-corrected chi connectivity index (χ1v) is 8.96. The van der Waals surface area contributed by atoms with Crippen molar-refractivity contribution in [1.82, 2.24) is 5.32 Å². The molecule has 0 aliphatic rings. The minimum absolute atomic E-state index is 0.197. The Morgan fingerprint density at radius 2 is 1.71 bits per heavy atom. The molecule has 0 saturated heterocycles. The zero-order chi connectivity index (χ0) is 20.7. The maximum atomic E-state index is 13.0. The first kappa shape index (κ1) is 21.1. The third kappa shape index (κ3) is 5.64. The van der Waals surface area contributed by atoms with E-state index in [4.69, 9.17) is 4.74 Å². The number of ether oxygens (including phenoxy) is 1. The normalized spacial score (nSPS) is 11.6. The van der Waals surface area contributed by atoms with Crippen LogP contribution in [0.4, 0.5) is 10.1 Å². The van der Waals surface area contributed by atoms with Gasteiger partial charge in [0, 0.05) is 11.3 Å². The number of hydrogen-bond donors (Lipinski definition) is 2. The van der Waals surface area contributed by atoms with E-state index in [1.807, 2.05) is 0 Å². The largest absolute Gasteiger partial charge is 0.462 e. The van der Waals surface area contributed by atoms with Crippen molar-refractivity contribution >= 4 is 23.5 Å². The maximum Gasteiger partial charge on any atom is 0.338 e. The molecule has 0 unspecified atom stereocenters. The van der Waals surface area contributed by atoms with Crippen LogP contribution in [-0.2, 0) is 9.53 Å². The summed E-state index contributed by atoms with van der Waals surface area (Å²) < 4.78 is 18.0. The van der Waals surface area contributed by atoms with Gasteiger partial charge in [-0.1, -0.05) is 19.9 Å². The predicted octanol–water partition coefficient (Wildman–Crippen LogP) is 3.40. The monoisotopic (exact) mass is 386 g/mol. The van der Waals surface area contributed by atoms with Crippen LogP contribution in [0.15, 0.2) is 48.5 Å². The van der Waals surface area contributed by atoms with Gasteiger partial charge in [0.05, 0.1) is 12.2 Å². The standard InChI is InChI=1S/C21H23FN2O4/c1-4-28-21(27)15-6-5-7-17(12-15)23-20(26)18(13(2)3)24-19(25)14-8-10-16(22)11-9-14/h5-13,18H,4H2,1-3H3,(H,23,26)(H,24,25)/t18-/m0/s1. The van der Waals surface area contributed by atoms with Crippen LogP contribution in [-0.4, -0.2) is 30.4 Å². The smallest absolute Gasteiger partial charge is 0.338 e. The lowest BCUT2D eigenvalue weighted by Gasteiger charge is -2.22. The molecule has 0 bridgehead atoms. The molecular weight excluding hydrogens is 363 g/mol. The van der Waals surface area contributed by atoms with Gasteiger partial charge in [-0.25, -0.2) is 9.18 Å². The molecule has 0 aliphatic heterocycles. The van der Waals surface area contributed by atoms with Crippen LogP contribution in [0.1, 0.15) is 41.5 Å². The van der Waals surface area contributed by atoms with Gasteiger partial charge in [0.2, 0.25) is 5.91 Å². The third-order valence-corrected chi connectivity index (χ3v) is 3.98. The Kier molecular flexibility index (Phi) is 7.26. The van der Waals surface area contributed by atoms with Crippen molar-refractivity contribution < 1.29 is 23.5 Å². The Bertz CT molecular complexity index is 850. The molecule has 1 atom stereocenters. The Morgan fingerprint density at radius 3 is 2.32 bits per heavy atom. The van der Waals surface area contributed by atoms with Gasteiger partial charge in [-0.05, 0) is 55.3 Å². The van der Waals surface area contributed by atoms with Gasteiger partial charge >= 0.3 is 5.97 Å². The molecule has 28 heavy (non-hydrogen) atoms. The summed E-state index contributed by atoms with van der Waals surface area (Å²) in [7, 11) is 0. The number of nitrogens with one attached hydrogen (secondary N) is 2. The summed E-state index contributed by atoms with van der Waals surface area (Å²) in [6.45, 7) is 5.55. The molecule has 0 aromatic heterocycles. The van der Waals surface area contributed by atoms with E-state index in [0.717, 1.165) is 0 Å². The Hall–Kier alpha value is -3.22. The fraction of sp³-hybridized carbons (Fsp3) is 0.286. The van der Waals surface area contributed by atoms with E-state index in [-0.39, 0.29) is 18.1 Å². The lowest BCUT2D eigenvalue weighted by Crippen LogP contribution is -2.47. The summed E-state index contributed by atoms with van der Waals surface area (Å²) >= 11 is 0. The number of amides is 2. The lowest BCUT2D eigenvalue weighted by molar-refractivity contribution is -0.118. The molecule has 2 N–H and O–H groups in total. The van der Waals surface area contributed by atoms with E-state index in [9.17, 15) is 18.8 Å². The molecule has 0 aliphatic carbocycles. The zero-order valence-corrected chi connectivity index (χ0v) is 16.0. The van der Waals surface area contributed by atoms with Gasteiger partial charge in [-0.3, -0.25) is 9.59 Å². The second-order valence-corrected chi connectivity index (χ2v) is 6.49. The maximum absolute atomic E-state index is 13.0. The Labute approximate surface area is 163 Å². The highest BCUT2D eigenvalue weighted by Crippen LogP contribution is 2.14. The average Bonchev–Trinajstić information content (AvgIpc) is 2.66. The van der Waals surface area contributed by atoms with Gasteiger partial charge in [0.15, 0.2) is 0 Å². The van der Waals surface area contributed by atoms with Gasteiger partial charge in [-0.15, -0.1) is 0 Å². The van der Waals surface area contributed by atoms with E-state index >= 15 is 0 Å². The second-order valence-electron chi connectivity index (χ2n) is 6.49. The summed E-state index contributed by atoms with van der Waals surface area (Å²) in [5.74, 6) is -2.03. The molecule has 0 heterocycles. The van der Waals surface area contributed by atoms with Crippen molar-refractivity contribution in [2.45, 2.75) is 26.8 Å². The summed E-state index contributed by atoms with van der Waals surface area (Å²) in [6, 6.07) is 10.6. The number of benzene rings is 2. The quantitative estimate of drug-likeness (QED) is 0.715. The molecule has 0 spiro atoms. The van der Waals surface area contributed by atoms with E-state index < -0.39 is 29.6 Å². The fourth-order valence-corrected chi connectivity index (χ4v) is 2.52. The Morgan fingerprint density at radius 1 is 1.04 bits per heavy atom. The number of rotatable bonds is 7. The number of carbonyl (C=O) groups excluding carboxylic acids is 3. The van der Waals surface area contributed by atoms with E-state index in [1.54, 1.807) is 39.0 Å². The minimum Gasteiger partial charge on any atom is -0.462 e. The molecule has 148 valence electrons. The van der Waals surface area contributed by atoms with Crippen LogP contribution in [0.3, 0.4) is 0 Å². The molecule has 0 radical (unpaired) electrons. The third-order valence-electron chi connectivity index (χ3n) is 3.98. The molecule has 2 amide bonds. The first-order valence-electron chi connectivity index (χ1n) is 8.96. The average molecular weight is 386 g/mol. The number of hydrogen-bond acceptors (Lipinski definition) is 4. The van der Waals surface area contributed by atoms with Gasteiger partial charge in [0.25, 0.3) is 5.91 Å². The SMILES string of the molecule is CCOC(=O)c1cccc(NC(=O)[C@@H](NC(=O)c2ccc(F)cc2)C(C)C)c1. The molecule has 0 fully saturated rings. The first-order chi connectivity index (χ1) is 13.3. The molecule has 7 heteroatoms. The zero-order valence-electron chi connectivity index (χ0n) is 16.0. The molecule has 6 nitrogen and oxygen atoms in total. The van der Waals surface area contributed by atoms with Crippen molar-refractivity contribution in [3.63, 3.8) is 0 Å². The van der Waals surface area contributed by atoms with Crippen LogP contribution in [0, 0.1) is 11.7 Å². The number of carbonyl (C=O) groups is 3. The van der Waals surface area contributed by atoms with Crippen molar-refractivity contribution in [2.75, 3.05) is 11.9 Å². The van der Waals surface area contributed by atoms with Crippen LogP contribution < -0.4 is 10.6 Å². The van der Waals surface area contributed by atoms with Crippen LogP contribution in [0.25, 0.3) is 0 Å². The number of esters is 1. The predicted molar refractivity (Wildman–Crippen MR) is 104 cm³/mol. The van der Waals surface area contributed by atoms with Crippen molar-refractivity contribution in [1.29, 1.82) is 0 Å². The van der Waals surface area contributed by atoms with Crippen molar-refractivity contribution in [2.24, 2.45) is 5.92 Å². The van der Waals surface area contributed by atoms with E-state index in [1.165, 1.54) is 30.3 Å². The van der Waals surface area contributed by atoms with Crippen LogP contribution in [0.2, 0.25) is 0 Å². The molecule has 0 saturated carbocycles. The summed E-state index contributed by atoms with van der Waals surface area (Å²) in [4.78, 5) is 36.9. The van der Waals surface area contributed by atoms with Gasteiger partial charge in [0.1, 0.15) is 11.9 Å². The van der Waals surface area contributed by atoms with Crippen LogP contribution in [0.5, 0.6) is 0 Å². The summed E-state index contributed by atoms with van der Waals surface area (Å²) in [5.41, 5.74) is 0.984. The lowest BCUT2D eigenvalue weighted by atomic mass is 10.0. The molecule has 2 rings (SSSR count). The van der Waals surface area contributed by atoms with Crippen molar-refractivity contribution in [3.8, 4) is 0 Å². The van der Waals surface area contributed by atoms with E-state index in [2.05, 4.69) is 10.6 Å². The minimum atomic E-state index is -0.816. The van der Waals surface area contributed by atoms with Crippen LogP contribution >= 0.6 is 0 Å². The fourth-order valence-electron chi connectivity index (χ4n) is 2.52. The van der Waals surface area contributed by atoms with Gasteiger partial charge in [-0.2, -0.15) is 0 Å². The second kappa shape index (κ2) is 9.64. The molecule has 2 aromatic rings. The van der Waals surface area contributed by atoms with Crippen molar-refractivity contribution in [3.05, 3.63) is 65.5 Å². The summed E-state index contributed by atoms with van der Waals surface area (Å²) in [6.07, 6.45) is 0. The molecule has 2 aromatic carbocycles. The summed E-state index contributed by atoms with van der Waals surface area (Å²) in [5, 5.41) is 5.37. The Balaban J connectivity index is 2.10.